The first-order chi connectivity index (χ1) is 11.0. The van der Waals surface area contributed by atoms with E-state index in [1.54, 1.807) is 25.3 Å². The Morgan fingerprint density at radius 1 is 1.22 bits per heavy atom. The van der Waals surface area contributed by atoms with Gasteiger partial charge in [0.1, 0.15) is 5.75 Å². The van der Waals surface area contributed by atoms with Crippen molar-refractivity contribution in [2.24, 2.45) is 0 Å². The number of hydrogen-bond donors (Lipinski definition) is 1. The summed E-state index contributed by atoms with van der Waals surface area (Å²) in [5, 5.41) is 3.96. The van der Waals surface area contributed by atoms with Gasteiger partial charge in [0.15, 0.2) is 0 Å². The minimum absolute atomic E-state index is 0.115. The van der Waals surface area contributed by atoms with Gasteiger partial charge in [0.25, 0.3) is 0 Å². The maximum absolute atomic E-state index is 12.1. The van der Waals surface area contributed by atoms with Crippen LogP contribution in [0.3, 0.4) is 0 Å². The van der Waals surface area contributed by atoms with E-state index in [4.69, 9.17) is 27.9 Å². The summed E-state index contributed by atoms with van der Waals surface area (Å²) in [6.07, 6.45) is 0. The molecule has 2 aromatic carbocycles. The summed E-state index contributed by atoms with van der Waals surface area (Å²) in [6, 6.07) is 12.7. The molecular weight excluding hydrogens is 335 g/mol. The van der Waals surface area contributed by atoms with Crippen molar-refractivity contribution in [3.63, 3.8) is 0 Å². The van der Waals surface area contributed by atoms with Gasteiger partial charge in [-0.3, -0.25) is 9.69 Å². The minimum atomic E-state index is -0.115. The zero-order chi connectivity index (χ0) is 16.8. The van der Waals surface area contributed by atoms with Crippen LogP contribution < -0.4 is 10.1 Å². The average Bonchev–Trinajstić information content (AvgIpc) is 2.47. The largest absolute Gasteiger partial charge is 0.495 e. The quantitative estimate of drug-likeness (QED) is 0.851. The van der Waals surface area contributed by atoms with E-state index in [9.17, 15) is 4.79 Å². The number of nitrogens with one attached hydrogen (secondary N) is 1. The molecule has 0 saturated carbocycles. The highest BCUT2D eigenvalue weighted by molar-refractivity contribution is 6.32. The number of rotatable bonds is 6. The van der Waals surface area contributed by atoms with E-state index in [0.29, 0.717) is 28.0 Å². The molecule has 0 aliphatic rings. The van der Waals surface area contributed by atoms with E-state index in [1.165, 1.54) is 0 Å². The van der Waals surface area contributed by atoms with Crippen molar-refractivity contribution < 1.29 is 9.53 Å². The molecule has 0 spiro atoms. The minimum Gasteiger partial charge on any atom is -0.495 e. The lowest BCUT2D eigenvalue weighted by Crippen LogP contribution is -2.29. The van der Waals surface area contributed by atoms with Gasteiger partial charge in [-0.25, -0.2) is 0 Å². The zero-order valence-electron chi connectivity index (χ0n) is 13.0. The maximum Gasteiger partial charge on any atom is 0.238 e. The molecule has 4 nitrogen and oxygen atoms in total. The third kappa shape index (κ3) is 5.43. The van der Waals surface area contributed by atoms with E-state index in [0.717, 1.165) is 5.56 Å². The Labute approximate surface area is 146 Å². The van der Waals surface area contributed by atoms with Crippen LogP contribution in [-0.4, -0.2) is 31.5 Å². The molecule has 0 radical (unpaired) electrons. The van der Waals surface area contributed by atoms with E-state index in [1.807, 2.05) is 36.2 Å². The molecule has 0 fully saturated rings. The van der Waals surface area contributed by atoms with Gasteiger partial charge in [0.05, 0.1) is 18.7 Å². The first-order valence-electron chi connectivity index (χ1n) is 7.04. The Morgan fingerprint density at radius 2 is 2.00 bits per heavy atom. The van der Waals surface area contributed by atoms with Gasteiger partial charge in [0.2, 0.25) is 5.91 Å². The summed E-state index contributed by atoms with van der Waals surface area (Å²) in [5.74, 6) is 0.457. The normalized spacial score (nSPS) is 10.7. The lowest BCUT2D eigenvalue weighted by atomic mass is 10.2. The summed E-state index contributed by atoms with van der Waals surface area (Å²) >= 11 is 12.0. The molecule has 0 aliphatic carbocycles. The third-order valence-corrected chi connectivity index (χ3v) is 3.72. The van der Waals surface area contributed by atoms with Crippen molar-refractivity contribution in [1.29, 1.82) is 0 Å². The fourth-order valence-corrected chi connectivity index (χ4v) is 2.66. The van der Waals surface area contributed by atoms with Crippen LogP contribution >= 0.6 is 23.2 Å². The van der Waals surface area contributed by atoms with Crippen LogP contribution in [-0.2, 0) is 11.3 Å². The smallest absolute Gasteiger partial charge is 0.238 e. The Balaban J connectivity index is 1.90. The van der Waals surface area contributed by atoms with Crippen LogP contribution in [0, 0.1) is 0 Å². The third-order valence-electron chi connectivity index (χ3n) is 3.19. The molecule has 0 bridgehead atoms. The predicted molar refractivity (Wildman–Crippen MR) is 94.4 cm³/mol. The monoisotopic (exact) mass is 352 g/mol. The van der Waals surface area contributed by atoms with Crippen molar-refractivity contribution in [2.45, 2.75) is 6.54 Å². The molecule has 2 aromatic rings. The van der Waals surface area contributed by atoms with Crippen molar-refractivity contribution in [3.8, 4) is 5.75 Å². The van der Waals surface area contributed by atoms with E-state index < -0.39 is 0 Å². The second kappa shape index (κ2) is 8.20. The lowest BCUT2D eigenvalue weighted by molar-refractivity contribution is -0.117. The van der Waals surface area contributed by atoms with Crippen LogP contribution in [0.4, 0.5) is 5.69 Å². The number of carbonyl (C=O) groups excluding carboxylic acids is 1. The standard InChI is InChI=1S/C17H18Cl2N2O2/c1-21(10-12-4-3-5-13(18)8-12)11-17(22)20-14-6-7-16(23-2)15(19)9-14/h3-9H,10-11H2,1-2H3,(H,20,22). The SMILES string of the molecule is COc1ccc(NC(=O)CN(C)Cc2cccc(Cl)c2)cc1Cl. The fourth-order valence-electron chi connectivity index (χ4n) is 2.19. The zero-order valence-corrected chi connectivity index (χ0v) is 14.5. The second-order valence-corrected chi connectivity index (χ2v) is 6.04. The molecule has 1 amide bonds. The number of anilines is 1. The molecule has 23 heavy (non-hydrogen) atoms. The van der Waals surface area contributed by atoms with Gasteiger partial charge in [-0.2, -0.15) is 0 Å². The summed E-state index contributed by atoms with van der Waals surface area (Å²) in [6.45, 7) is 0.896. The Hall–Kier alpha value is -1.75. The number of benzene rings is 2. The van der Waals surface area contributed by atoms with E-state index in [2.05, 4.69) is 5.32 Å². The van der Waals surface area contributed by atoms with Crippen molar-refractivity contribution in [1.82, 2.24) is 4.90 Å². The molecular formula is C17H18Cl2N2O2. The van der Waals surface area contributed by atoms with Gasteiger partial charge in [-0.1, -0.05) is 35.3 Å². The molecule has 0 atom stereocenters. The molecule has 0 aromatic heterocycles. The molecule has 0 saturated heterocycles. The molecule has 0 aliphatic heterocycles. The van der Waals surface area contributed by atoms with Crippen molar-refractivity contribution in [3.05, 3.63) is 58.1 Å². The Morgan fingerprint density at radius 3 is 2.65 bits per heavy atom. The van der Waals surface area contributed by atoms with Crippen LogP contribution in [0.5, 0.6) is 5.75 Å². The van der Waals surface area contributed by atoms with Crippen LogP contribution in [0.2, 0.25) is 10.0 Å². The Kier molecular flexibility index (Phi) is 6.28. The molecule has 122 valence electrons. The lowest BCUT2D eigenvalue weighted by Gasteiger charge is -2.16. The van der Waals surface area contributed by atoms with Crippen LogP contribution in [0.15, 0.2) is 42.5 Å². The molecule has 6 heteroatoms. The predicted octanol–water partition coefficient (Wildman–Crippen LogP) is 4.07. The number of ether oxygens (including phenoxy) is 1. The highest BCUT2D eigenvalue weighted by atomic mass is 35.5. The Bertz CT molecular complexity index is 692. The first-order valence-corrected chi connectivity index (χ1v) is 7.80. The number of methoxy groups -OCH3 is 1. The molecule has 0 unspecified atom stereocenters. The van der Waals surface area contributed by atoms with Gasteiger partial charge in [-0.05, 0) is 42.9 Å². The summed E-state index contributed by atoms with van der Waals surface area (Å²) in [7, 11) is 3.42. The summed E-state index contributed by atoms with van der Waals surface area (Å²) < 4.78 is 5.08. The van der Waals surface area contributed by atoms with Crippen molar-refractivity contribution in [2.75, 3.05) is 26.0 Å². The topological polar surface area (TPSA) is 41.6 Å². The second-order valence-electron chi connectivity index (χ2n) is 5.20. The van der Waals surface area contributed by atoms with Gasteiger partial charge < -0.3 is 10.1 Å². The highest BCUT2D eigenvalue weighted by Gasteiger charge is 2.09. The van der Waals surface area contributed by atoms with Crippen molar-refractivity contribution >= 4 is 34.8 Å². The first kappa shape index (κ1) is 17.6. The van der Waals surface area contributed by atoms with Gasteiger partial charge >= 0.3 is 0 Å². The fraction of sp³-hybridized carbons (Fsp3) is 0.235. The number of amides is 1. The average molecular weight is 353 g/mol. The molecule has 2 rings (SSSR count). The number of carbonyl (C=O) groups is 1. The molecule has 0 heterocycles. The number of nitrogens with zero attached hydrogens (tertiary/aromatic N) is 1. The number of halogens is 2. The van der Waals surface area contributed by atoms with Gasteiger partial charge in [-0.15, -0.1) is 0 Å². The van der Waals surface area contributed by atoms with Gasteiger partial charge in [0, 0.05) is 17.3 Å². The molecule has 1 N–H and O–H groups in total. The van der Waals surface area contributed by atoms with Crippen LogP contribution in [0.1, 0.15) is 5.56 Å². The number of likely N-dealkylation sites (N-methyl/N-ethyl adjacent to an activating group) is 1. The van der Waals surface area contributed by atoms with E-state index >= 15 is 0 Å². The maximum atomic E-state index is 12.1. The van der Waals surface area contributed by atoms with E-state index in [-0.39, 0.29) is 12.5 Å². The van der Waals surface area contributed by atoms with Crippen LogP contribution in [0.25, 0.3) is 0 Å². The number of hydrogen-bond acceptors (Lipinski definition) is 3. The summed E-state index contributed by atoms with van der Waals surface area (Å²) in [5.41, 5.74) is 1.69. The summed E-state index contributed by atoms with van der Waals surface area (Å²) in [4.78, 5) is 14.0. The highest BCUT2D eigenvalue weighted by Crippen LogP contribution is 2.27.